The van der Waals surface area contributed by atoms with Gasteiger partial charge in [0.2, 0.25) is 5.91 Å². The lowest BCUT2D eigenvalue weighted by Crippen LogP contribution is -2.44. The molecule has 0 radical (unpaired) electrons. The van der Waals surface area contributed by atoms with E-state index in [0.29, 0.717) is 38.3 Å². The van der Waals surface area contributed by atoms with Crippen molar-refractivity contribution >= 4 is 11.8 Å². The molecule has 2 aromatic rings. The van der Waals surface area contributed by atoms with Gasteiger partial charge in [-0.15, -0.1) is 0 Å². The number of benzene rings is 2. The highest BCUT2D eigenvalue weighted by molar-refractivity contribution is 5.95. The van der Waals surface area contributed by atoms with Gasteiger partial charge in [0.15, 0.2) is 0 Å². The number of ether oxygens (including phenoxy) is 2. The Balaban J connectivity index is 1.63. The molecule has 0 unspecified atom stereocenters. The summed E-state index contributed by atoms with van der Waals surface area (Å²) in [6, 6.07) is 15.6. The molecule has 0 spiro atoms. The van der Waals surface area contributed by atoms with Gasteiger partial charge in [0, 0.05) is 65.0 Å². The molecule has 1 N–H and O–H groups in total. The normalized spacial score (nSPS) is 17.1. The lowest BCUT2D eigenvalue weighted by Gasteiger charge is -2.33. The van der Waals surface area contributed by atoms with E-state index < -0.39 is 0 Å². The number of carbonyl (C=O) groups excluding carboxylic acids is 2. The van der Waals surface area contributed by atoms with Gasteiger partial charge in [-0.25, -0.2) is 0 Å². The lowest BCUT2D eigenvalue weighted by atomic mass is 9.94. The van der Waals surface area contributed by atoms with Crippen molar-refractivity contribution in [2.24, 2.45) is 11.8 Å². The van der Waals surface area contributed by atoms with E-state index >= 15 is 0 Å². The van der Waals surface area contributed by atoms with Crippen LogP contribution in [0, 0.1) is 18.8 Å². The van der Waals surface area contributed by atoms with E-state index in [0.717, 1.165) is 36.4 Å². The second kappa shape index (κ2) is 14.1. The first kappa shape index (κ1) is 28.7. The lowest BCUT2D eigenvalue weighted by molar-refractivity contribution is -0.129. The van der Waals surface area contributed by atoms with Gasteiger partial charge in [0.1, 0.15) is 5.75 Å². The Morgan fingerprint density at radius 2 is 1.73 bits per heavy atom. The summed E-state index contributed by atoms with van der Waals surface area (Å²) in [5, 5.41) is 3.48. The van der Waals surface area contributed by atoms with Crippen molar-refractivity contribution in [2.45, 2.75) is 39.7 Å². The Bertz CT molecular complexity index is 1010. The standard InChI is InChI=1S/C30H43N3O4/c1-22(2)33(30(35)25-13-12-23(3)28(17-25)37-15-9-14-36-5)21-27-19-31-18-26(27)20-32(4)29(34)16-24-10-7-6-8-11-24/h6-8,10-13,17,22,26-27,31H,9,14-16,18-21H2,1-5H3/t26-,27-/m0/s1. The number of aryl methyl sites for hydroxylation is 1. The zero-order valence-electron chi connectivity index (χ0n) is 23.0. The number of methoxy groups -OCH3 is 1. The van der Waals surface area contributed by atoms with Gasteiger partial charge in [-0.1, -0.05) is 36.4 Å². The van der Waals surface area contributed by atoms with Crippen molar-refractivity contribution in [1.29, 1.82) is 0 Å². The molecule has 202 valence electrons. The number of hydrogen-bond donors (Lipinski definition) is 1. The molecule has 7 nitrogen and oxygen atoms in total. The Hall–Kier alpha value is -2.90. The number of hydrogen-bond acceptors (Lipinski definition) is 5. The van der Waals surface area contributed by atoms with Crippen LogP contribution in [0.5, 0.6) is 5.75 Å². The second-order valence-corrected chi connectivity index (χ2v) is 10.3. The molecular formula is C30H43N3O4. The van der Waals surface area contributed by atoms with E-state index in [9.17, 15) is 9.59 Å². The minimum atomic E-state index is 0.0101. The van der Waals surface area contributed by atoms with Crippen LogP contribution in [0.1, 0.15) is 41.8 Å². The molecule has 1 aliphatic heterocycles. The van der Waals surface area contributed by atoms with E-state index in [1.165, 1.54) is 0 Å². The molecule has 3 rings (SSSR count). The van der Waals surface area contributed by atoms with Crippen molar-refractivity contribution in [1.82, 2.24) is 15.1 Å². The first-order valence-electron chi connectivity index (χ1n) is 13.3. The maximum atomic E-state index is 13.6. The molecule has 0 bridgehead atoms. The third-order valence-corrected chi connectivity index (χ3v) is 7.11. The maximum Gasteiger partial charge on any atom is 0.254 e. The van der Waals surface area contributed by atoms with Gasteiger partial charge in [0.05, 0.1) is 13.0 Å². The van der Waals surface area contributed by atoms with E-state index in [-0.39, 0.29) is 29.7 Å². The quantitative estimate of drug-likeness (QED) is 0.416. The van der Waals surface area contributed by atoms with Crippen molar-refractivity contribution in [3.63, 3.8) is 0 Å². The monoisotopic (exact) mass is 509 g/mol. The molecule has 1 saturated heterocycles. The molecule has 7 heteroatoms. The molecule has 1 heterocycles. The van der Waals surface area contributed by atoms with Crippen molar-refractivity contribution in [3.05, 3.63) is 65.2 Å². The Morgan fingerprint density at radius 1 is 1.03 bits per heavy atom. The fourth-order valence-corrected chi connectivity index (χ4v) is 4.79. The second-order valence-electron chi connectivity index (χ2n) is 10.3. The van der Waals surface area contributed by atoms with E-state index in [1.807, 2.05) is 72.3 Å². The summed E-state index contributed by atoms with van der Waals surface area (Å²) in [4.78, 5) is 30.2. The molecule has 2 aromatic carbocycles. The fourth-order valence-electron chi connectivity index (χ4n) is 4.79. The molecule has 2 amide bonds. The van der Waals surface area contributed by atoms with Crippen LogP contribution in [0.3, 0.4) is 0 Å². The Kier molecular flexibility index (Phi) is 11.0. The number of likely N-dealkylation sites (N-methyl/N-ethyl adjacent to an activating group) is 1. The van der Waals surface area contributed by atoms with Crippen molar-refractivity contribution in [3.8, 4) is 5.75 Å². The summed E-state index contributed by atoms with van der Waals surface area (Å²) in [7, 11) is 3.56. The van der Waals surface area contributed by atoms with Crippen LogP contribution in [0.25, 0.3) is 0 Å². The predicted molar refractivity (Wildman–Crippen MR) is 147 cm³/mol. The van der Waals surface area contributed by atoms with Crippen LogP contribution in [-0.4, -0.2) is 81.2 Å². The molecule has 0 saturated carbocycles. The van der Waals surface area contributed by atoms with Crippen LogP contribution in [-0.2, 0) is 16.0 Å². The van der Waals surface area contributed by atoms with E-state index in [2.05, 4.69) is 19.2 Å². The van der Waals surface area contributed by atoms with Gasteiger partial charge < -0.3 is 24.6 Å². The maximum absolute atomic E-state index is 13.6. The summed E-state index contributed by atoms with van der Waals surface area (Å²) < 4.78 is 11.0. The van der Waals surface area contributed by atoms with Gasteiger partial charge in [-0.05, 0) is 55.9 Å². The predicted octanol–water partition coefficient (Wildman–Crippen LogP) is 3.80. The average Bonchev–Trinajstić information content (AvgIpc) is 3.32. The molecule has 1 fully saturated rings. The average molecular weight is 510 g/mol. The molecule has 1 aliphatic rings. The summed E-state index contributed by atoms with van der Waals surface area (Å²) in [5.74, 6) is 1.43. The topological polar surface area (TPSA) is 71.1 Å². The zero-order valence-corrected chi connectivity index (χ0v) is 23.0. The minimum absolute atomic E-state index is 0.0101. The van der Waals surface area contributed by atoms with Crippen LogP contribution in [0.4, 0.5) is 0 Å². The van der Waals surface area contributed by atoms with Crippen LogP contribution >= 0.6 is 0 Å². The number of nitrogens with zero attached hydrogens (tertiary/aromatic N) is 2. The van der Waals surface area contributed by atoms with E-state index in [4.69, 9.17) is 9.47 Å². The number of carbonyl (C=O) groups is 2. The molecule has 0 aromatic heterocycles. The van der Waals surface area contributed by atoms with Crippen LogP contribution in [0.2, 0.25) is 0 Å². The molecule has 37 heavy (non-hydrogen) atoms. The van der Waals surface area contributed by atoms with Crippen LogP contribution in [0.15, 0.2) is 48.5 Å². The van der Waals surface area contributed by atoms with Crippen LogP contribution < -0.4 is 10.1 Å². The van der Waals surface area contributed by atoms with Gasteiger partial charge >= 0.3 is 0 Å². The minimum Gasteiger partial charge on any atom is -0.493 e. The highest BCUT2D eigenvalue weighted by atomic mass is 16.5. The number of nitrogens with one attached hydrogen (secondary N) is 1. The van der Waals surface area contributed by atoms with Gasteiger partial charge in [-0.2, -0.15) is 0 Å². The highest BCUT2D eigenvalue weighted by Gasteiger charge is 2.33. The first-order valence-corrected chi connectivity index (χ1v) is 13.3. The molecule has 0 aliphatic carbocycles. The number of rotatable bonds is 13. The Labute approximate surface area is 222 Å². The van der Waals surface area contributed by atoms with Gasteiger partial charge in [-0.3, -0.25) is 9.59 Å². The third kappa shape index (κ3) is 8.30. The van der Waals surface area contributed by atoms with E-state index in [1.54, 1.807) is 7.11 Å². The summed E-state index contributed by atoms with van der Waals surface area (Å²) in [5.41, 5.74) is 2.67. The Morgan fingerprint density at radius 3 is 2.41 bits per heavy atom. The highest BCUT2D eigenvalue weighted by Crippen LogP contribution is 2.25. The largest absolute Gasteiger partial charge is 0.493 e. The zero-order chi connectivity index (χ0) is 26.8. The number of amides is 2. The van der Waals surface area contributed by atoms with Crippen molar-refractivity contribution < 1.29 is 19.1 Å². The summed E-state index contributed by atoms with van der Waals surface area (Å²) >= 11 is 0. The summed E-state index contributed by atoms with van der Waals surface area (Å²) in [6.07, 6.45) is 1.20. The third-order valence-electron chi connectivity index (χ3n) is 7.11. The fraction of sp³-hybridized carbons (Fsp3) is 0.533. The van der Waals surface area contributed by atoms with Crippen molar-refractivity contribution in [2.75, 3.05) is 53.6 Å². The molecular weight excluding hydrogens is 466 g/mol. The molecule has 2 atom stereocenters. The van der Waals surface area contributed by atoms with Gasteiger partial charge in [0.25, 0.3) is 5.91 Å². The first-order chi connectivity index (χ1) is 17.8. The summed E-state index contributed by atoms with van der Waals surface area (Å²) in [6.45, 7) is 10.3. The smallest absolute Gasteiger partial charge is 0.254 e. The SMILES string of the molecule is COCCCOc1cc(C(=O)N(C[C@@H]2CNC[C@H]2CN(C)C(=O)Cc2ccccc2)C(C)C)ccc1C.